The molecule has 106 valence electrons. The first-order chi connectivity index (χ1) is 9.78. The van der Waals surface area contributed by atoms with E-state index in [-0.39, 0.29) is 6.04 Å². The summed E-state index contributed by atoms with van der Waals surface area (Å²) in [5.74, 6) is 1.00. The fraction of sp³-hybridized carbons (Fsp3) is 0.412. The van der Waals surface area contributed by atoms with Crippen LogP contribution in [0, 0.1) is 6.92 Å². The Labute approximate surface area is 124 Å². The van der Waals surface area contributed by atoms with E-state index in [1.54, 1.807) is 11.3 Å². The van der Waals surface area contributed by atoms with Crippen molar-refractivity contribution in [3.05, 3.63) is 51.7 Å². The first-order valence-corrected chi connectivity index (χ1v) is 8.25. The third-order valence-electron chi connectivity index (χ3n) is 3.63. The molecule has 0 aliphatic heterocycles. The van der Waals surface area contributed by atoms with Gasteiger partial charge in [0.05, 0.1) is 12.1 Å². The molecular weight excluding hydrogens is 266 g/mol. The van der Waals surface area contributed by atoms with E-state index in [0.717, 1.165) is 12.3 Å². The Morgan fingerprint density at radius 1 is 1.35 bits per heavy atom. The molecule has 1 N–H and O–H groups in total. The van der Waals surface area contributed by atoms with Crippen molar-refractivity contribution in [3.8, 4) is 5.75 Å². The minimum atomic E-state index is 0.258. The van der Waals surface area contributed by atoms with Crippen molar-refractivity contribution in [1.82, 2.24) is 5.32 Å². The van der Waals surface area contributed by atoms with E-state index < -0.39 is 0 Å². The Bertz CT molecular complexity index is 574. The number of thiophene rings is 1. The molecule has 20 heavy (non-hydrogen) atoms. The van der Waals surface area contributed by atoms with Gasteiger partial charge in [-0.3, -0.25) is 0 Å². The molecule has 0 bridgehead atoms. The molecular formula is C17H21NOS. The van der Waals surface area contributed by atoms with Gasteiger partial charge in [0.25, 0.3) is 0 Å². The summed E-state index contributed by atoms with van der Waals surface area (Å²) >= 11 is 1.77. The van der Waals surface area contributed by atoms with Crippen LogP contribution in [0.25, 0.3) is 0 Å². The minimum absolute atomic E-state index is 0.258. The average Bonchev–Trinajstić information content (AvgIpc) is 3.16. The van der Waals surface area contributed by atoms with Crippen molar-refractivity contribution < 1.29 is 4.74 Å². The Balaban J connectivity index is 1.88. The van der Waals surface area contributed by atoms with E-state index in [4.69, 9.17) is 4.74 Å². The molecule has 1 fully saturated rings. The van der Waals surface area contributed by atoms with E-state index >= 15 is 0 Å². The predicted molar refractivity (Wildman–Crippen MR) is 84.7 cm³/mol. The number of rotatable bonds is 6. The summed E-state index contributed by atoms with van der Waals surface area (Å²) in [7, 11) is 0. The average molecular weight is 287 g/mol. The van der Waals surface area contributed by atoms with Crippen LogP contribution in [0.4, 0.5) is 0 Å². The molecule has 2 nitrogen and oxygen atoms in total. The molecule has 1 atom stereocenters. The van der Waals surface area contributed by atoms with Crippen LogP contribution in [0.5, 0.6) is 5.75 Å². The van der Waals surface area contributed by atoms with Gasteiger partial charge >= 0.3 is 0 Å². The molecule has 2 aromatic rings. The van der Waals surface area contributed by atoms with Crippen LogP contribution in [0.15, 0.2) is 35.0 Å². The van der Waals surface area contributed by atoms with Gasteiger partial charge in [-0.1, -0.05) is 19.1 Å². The van der Waals surface area contributed by atoms with Gasteiger partial charge in [-0.15, -0.1) is 0 Å². The highest BCUT2D eigenvalue weighted by Crippen LogP contribution is 2.32. The predicted octanol–water partition coefficient (Wildman–Crippen LogP) is 4.30. The molecule has 1 saturated carbocycles. The highest BCUT2D eigenvalue weighted by molar-refractivity contribution is 7.08. The quantitative estimate of drug-likeness (QED) is 0.855. The zero-order valence-electron chi connectivity index (χ0n) is 12.1. The molecule has 0 radical (unpaired) electrons. The summed E-state index contributed by atoms with van der Waals surface area (Å²) in [6.07, 6.45) is 2.85. The van der Waals surface area contributed by atoms with Crippen molar-refractivity contribution in [2.45, 2.75) is 38.8 Å². The summed E-state index contributed by atoms with van der Waals surface area (Å²) < 4.78 is 5.92. The van der Waals surface area contributed by atoms with Gasteiger partial charge in [-0.25, -0.2) is 0 Å². The number of hydrogen-bond acceptors (Lipinski definition) is 3. The fourth-order valence-corrected chi connectivity index (χ4v) is 3.30. The van der Waals surface area contributed by atoms with E-state index in [1.165, 1.54) is 29.5 Å². The van der Waals surface area contributed by atoms with E-state index in [2.05, 4.69) is 54.2 Å². The number of nitrogens with one attached hydrogen (secondary N) is 1. The van der Waals surface area contributed by atoms with Gasteiger partial charge in [0.1, 0.15) is 5.75 Å². The molecule has 0 amide bonds. The summed E-state index contributed by atoms with van der Waals surface area (Å²) in [5, 5.41) is 8.05. The number of benzene rings is 1. The minimum Gasteiger partial charge on any atom is -0.490 e. The van der Waals surface area contributed by atoms with Gasteiger partial charge in [-0.05, 0) is 65.9 Å². The standard InChI is InChI=1S/C17H21NOS/c1-3-18-17(16-11-20-10-12(16)2)13-5-4-6-15(9-13)19-14-7-8-14/h4-6,9-11,14,17-18H,3,7-8H2,1-2H3. The van der Waals surface area contributed by atoms with Gasteiger partial charge < -0.3 is 10.1 Å². The normalized spacial score (nSPS) is 16.1. The monoisotopic (exact) mass is 287 g/mol. The lowest BCUT2D eigenvalue weighted by molar-refractivity contribution is 0.302. The summed E-state index contributed by atoms with van der Waals surface area (Å²) in [6.45, 7) is 5.29. The first-order valence-electron chi connectivity index (χ1n) is 7.30. The van der Waals surface area contributed by atoms with Crippen LogP contribution in [-0.2, 0) is 0 Å². The van der Waals surface area contributed by atoms with Gasteiger partial charge in [0.15, 0.2) is 0 Å². The molecule has 1 aromatic carbocycles. The Kier molecular flexibility index (Phi) is 4.08. The molecule has 3 rings (SSSR count). The third kappa shape index (κ3) is 3.05. The molecule has 1 aliphatic carbocycles. The van der Waals surface area contributed by atoms with Crippen molar-refractivity contribution in [2.24, 2.45) is 0 Å². The van der Waals surface area contributed by atoms with Crippen molar-refractivity contribution in [3.63, 3.8) is 0 Å². The molecule has 0 spiro atoms. The maximum absolute atomic E-state index is 5.92. The van der Waals surface area contributed by atoms with Crippen molar-refractivity contribution in [2.75, 3.05) is 6.54 Å². The summed E-state index contributed by atoms with van der Waals surface area (Å²) in [5.41, 5.74) is 4.02. The van der Waals surface area contributed by atoms with Crippen LogP contribution in [0.1, 0.15) is 42.5 Å². The molecule has 1 unspecified atom stereocenters. The van der Waals surface area contributed by atoms with Crippen molar-refractivity contribution >= 4 is 11.3 Å². The molecule has 3 heteroatoms. The smallest absolute Gasteiger partial charge is 0.120 e. The SMILES string of the molecule is CCNC(c1cccc(OC2CC2)c1)c1cscc1C. The van der Waals surface area contributed by atoms with Gasteiger partial charge in [0, 0.05) is 0 Å². The van der Waals surface area contributed by atoms with E-state index in [0.29, 0.717) is 6.10 Å². The second kappa shape index (κ2) is 5.98. The maximum Gasteiger partial charge on any atom is 0.120 e. The Hall–Kier alpha value is -1.32. The third-order valence-corrected chi connectivity index (χ3v) is 4.51. The fourth-order valence-electron chi connectivity index (χ4n) is 2.42. The maximum atomic E-state index is 5.92. The zero-order chi connectivity index (χ0) is 13.9. The topological polar surface area (TPSA) is 21.3 Å². The van der Waals surface area contributed by atoms with Crippen LogP contribution in [0.3, 0.4) is 0 Å². The molecule has 1 heterocycles. The van der Waals surface area contributed by atoms with Crippen LogP contribution >= 0.6 is 11.3 Å². The first kappa shape index (κ1) is 13.7. The van der Waals surface area contributed by atoms with Gasteiger partial charge in [-0.2, -0.15) is 11.3 Å². The highest BCUT2D eigenvalue weighted by atomic mass is 32.1. The lowest BCUT2D eigenvalue weighted by Gasteiger charge is -2.19. The lowest BCUT2D eigenvalue weighted by atomic mass is 9.98. The lowest BCUT2D eigenvalue weighted by Crippen LogP contribution is -2.22. The van der Waals surface area contributed by atoms with Crippen LogP contribution in [-0.4, -0.2) is 12.6 Å². The van der Waals surface area contributed by atoms with Crippen molar-refractivity contribution in [1.29, 1.82) is 0 Å². The molecule has 1 aromatic heterocycles. The second-order valence-corrected chi connectivity index (χ2v) is 6.13. The van der Waals surface area contributed by atoms with E-state index in [9.17, 15) is 0 Å². The zero-order valence-corrected chi connectivity index (χ0v) is 12.9. The largest absolute Gasteiger partial charge is 0.490 e. The summed E-state index contributed by atoms with van der Waals surface area (Å²) in [6, 6.07) is 8.78. The van der Waals surface area contributed by atoms with E-state index in [1.807, 2.05) is 0 Å². The number of hydrogen-bond donors (Lipinski definition) is 1. The van der Waals surface area contributed by atoms with Crippen LogP contribution in [0.2, 0.25) is 0 Å². The van der Waals surface area contributed by atoms with Gasteiger partial charge in [0.2, 0.25) is 0 Å². The number of ether oxygens (including phenoxy) is 1. The summed E-state index contributed by atoms with van der Waals surface area (Å²) in [4.78, 5) is 0. The molecule has 1 aliphatic rings. The second-order valence-electron chi connectivity index (χ2n) is 5.39. The highest BCUT2D eigenvalue weighted by Gasteiger charge is 2.24. The van der Waals surface area contributed by atoms with Crippen LogP contribution < -0.4 is 10.1 Å². The Morgan fingerprint density at radius 3 is 2.85 bits per heavy atom. The number of aryl methyl sites for hydroxylation is 1. The Morgan fingerprint density at radius 2 is 2.20 bits per heavy atom. The molecule has 0 saturated heterocycles.